The maximum atomic E-state index is 13.0. The van der Waals surface area contributed by atoms with Crippen LogP contribution in [0, 0.1) is 0 Å². The Balaban J connectivity index is 1.85. The molecule has 2 aromatic rings. The van der Waals surface area contributed by atoms with Crippen molar-refractivity contribution < 1.29 is 29.3 Å². The van der Waals surface area contributed by atoms with E-state index in [4.69, 9.17) is 9.47 Å². The second-order valence-corrected chi connectivity index (χ2v) is 7.70. The van der Waals surface area contributed by atoms with Crippen molar-refractivity contribution >= 4 is 17.4 Å². The number of Topliss-reactive ketones (excluding diaryl/α,β-unsaturated/α-hetero) is 1. The number of rotatable bonds is 5. The molecule has 0 spiro atoms. The number of aliphatic hydroxyl groups excluding tert-OH is 1. The third kappa shape index (κ3) is 3.60. The number of aryl methyl sites for hydroxylation is 1. The molecule has 1 amide bonds. The maximum Gasteiger partial charge on any atom is 0.295 e. The molecule has 2 aliphatic heterocycles. The molecule has 162 valence electrons. The van der Waals surface area contributed by atoms with E-state index in [0.29, 0.717) is 30.7 Å². The van der Waals surface area contributed by atoms with Crippen LogP contribution in [-0.4, -0.2) is 47.1 Å². The van der Waals surface area contributed by atoms with Crippen LogP contribution in [-0.2, 0) is 16.0 Å². The lowest BCUT2D eigenvalue weighted by Gasteiger charge is -2.25. The van der Waals surface area contributed by atoms with Gasteiger partial charge >= 0.3 is 0 Å². The molecule has 7 nitrogen and oxygen atoms in total. The predicted molar refractivity (Wildman–Crippen MR) is 114 cm³/mol. The van der Waals surface area contributed by atoms with Crippen molar-refractivity contribution in [3.05, 3.63) is 58.7 Å². The van der Waals surface area contributed by atoms with Gasteiger partial charge in [0, 0.05) is 12.1 Å². The Kier molecular flexibility index (Phi) is 5.59. The molecule has 0 radical (unpaired) electrons. The lowest BCUT2D eigenvalue weighted by Crippen LogP contribution is -2.30. The van der Waals surface area contributed by atoms with E-state index < -0.39 is 17.7 Å². The van der Waals surface area contributed by atoms with Gasteiger partial charge in [0.25, 0.3) is 11.7 Å². The van der Waals surface area contributed by atoms with Crippen LogP contribution in [0.15, 0.2) is 42.0 Å². The van der Waals surface area contributed by atoms with Gasteiger partial charge in [0.2, 0.25) is 0 Å². The fraction of sp³-hybridized carbons (Fsp3) is 0.333. The summed E-state index contributed by atoms with van der Waals surface area (Å²) in [6.07, 6.45) is 2.33. The molecule has 1 unspecified atom stereocenters. The third-order valence-corrected chi connectivity index (χ3v) is 5.71. The number of hydrogen-bond donors (Lipinski definition) is 2. The number of fused-ring (bicyclic) bond motifs is 1. The quantitative estimate of drug-likeness (QED) is 0.434. The van der Waals surface area contributed by atoms with Crippen LogP contribution < -0.4 is 9.47 Å². The molecule has 1 saturated heterocycles. The molecule has 0 saturated carbocycles. The minimum absolute atomic E-state index is 0.0136. The summed E-state index contributed by atoms with van der Waals surface area (Å²) in [7, 11) is 1.44. The van der Waals surface area contributed by atoms with Crippen molar-refractivity contribution in [2.24, 2.45) is 0 Å². The molecular formula is C24H25NO6. The third-order valence-electron chi connectivity index (χ3n) is 5.71. The van der Waals surface area contributed by atoms with Gasteiger partial charge in [-0.25, -0.2) is 0 Å². The van der Waals surface area contributed by atoms with Crippen LogP contribution in [0.3, 0.4) is 0 Å². The number of ether oxygens (including phenoxy) is 2. The summed E-state index contributed by atoms with van der Waals surface area (Å²) in [5, 5.41) is 21.4. The molecule has 2 N–H and O–H groups in total. The number of amides is 1. The first-order valence-corrected chi connectivity index (χ1v) is 10.4. The average molecular weight is 423 g/mol. The van der Waals surface area contributed by atoms with Gasteiger partial charge in [-0.1, -0.05) is 13.0 Å². The molecule has 4 rings (SSSR count). The van der Waals surface area contributed by atoms with E-state index in [1.54, 1.807) is 30.3 Å². The van der Waals surface area contributed by atoms with Gasteiger partial charge in [0.1, 0.15) is 11.5 Å². The molecule has 0 aliphatic carbocycles. The first kappa shape index (κ1) is 20.8. The van der Waals surface area contributed by atoms with E-state index in [1.165, 1.54) is 18.1 Å². The Morgan fingerprint density at radius 3 is 2.74 bits per heavy atom. The normalized spacial score (nSPS) is 19.8. The molecule has 2 aromatic carbocycles. The zero-order valence-corrected chi connectivity index (χ0v) is 17.6. The van der Waals surface area contributed by atoms with Crippen molar-refractivity contribution in [1.29, 1.82) is 0 Å². The number of ketones is 1. The first-order chi connectivity index (χ1) is 15.0. The van der Waals surface area contributed by atoms with Crippen LogP contribution in [0.4, 0.5) is 0 Å². The number of likely N-dealkylation sites (tertiary alicyclic amines) is 1. The number of methoxy groups -OCH3 is 1. The summed E-state index contributed by atoms with van der Waals surface area (Å²) < 4.78 is 10.7. The molecule has 1 fully saturated rings. The van der Waals surface area contributed by atoms with Crippen LogP contribution >= 0.6 is 0 Å². The Labute approximate surface area is 180 Å². The highest BCUT2D eigenvalue weighted by atomic mass is 16.5. The van der Waals surface area contributed by atoms with Gasteiger partial charge in [-0.3, -0.25) is 9.59 Å². The smallest absolute Gasteiger partial charge is 0.295 e. The highest BCUT2D eigenvalue weighted by Gasteiger charge is 2.45. The Bertz CT molecular complexity index is 1070. The fourth-order valence-corrected chi connectivity index (χ4v) is 4.24. The zero-order valence-electron chi connectivity index (χ0n) is 17.6. The lowest BCUT2D eigenvalue weighted by atomic mass is 9.93. The van der Waals surface area contributed by atoms with Crippen molar-refractivity contribution in [1.82, 2.24) is 4.90 Å². The fourth-order valence-electron chi connectivity index (χ4n) is 4.24. The first-order valence-electron chi connectivity index (χ1n) is 10.4. The summed E-state index contributed by atoms with van der Waals surface area (Å²) >= 11 is 0. The Morgan fingerprint density at radius 2 is 2.03 bits per heavy atom. The van der Waals surface area contributed by atoms with Gasteiger partial charge < -0.3 is 24.6 Å². The van der Waals surface area contributed by atoms with Crippen LogP contribution in [0.1, 0.15) is 42.5 Å². The average Bonchev–Trinajstić information content (AvgIpc) is 3.03. The van der Waals surface area contributed by atoms with Crippen LogP contribution in [0.5, 0.6) is 17.2 Å². The van der Waals surface area contributed by atoms with Crippen LogP contribution in [0.25, 0.3) is 5.76 Å². The number of nitrogens with zero attached hydrogens (tertiary/aromatic N) is 1. The lowest BCUT2D eigenvalue weighted by molar-refractivity contribution is -0.139. The molecule has 2 aliphatic rings. The summed E-state index contributed by atoms with van der Waals surface area (Å²) in [5.41, 5.74) is 1.95. The summed E-state index contributed by atoms with van der Waals surface area (Å²) in [6.45, 7) is 2.91. The number of aliphatic hydroxyl groups is 1. The van der Waals surface area contributed by atoms with E-state index in [2.05, 4.69) is 0 Å². The predicted octanol–water partition coefficient (Wildman–Crippen LogP) is 3.56. The van der Waals surface area contributed by atoms with Crippen molar-refractivity contribution in [2.75, 3.05) is 20.3 Å². The molecular weight excluding hydrogens is 398 g/mol. The topological polar surface area (TPSA) is 96.3 Å². The van der Waals surface area contributed by atoms with Crippen LogP contribution in [0.2, 0.25) is 0 Å². The minimum atomic E-state index is -0.802. The van der Waals surface area contributed by atoms with Crippen molar-refractivity contribution in [3.8, 4) is 17.2 Å². The molecule has 0 aromatic heterocycles. The number of benzene rings is 2. The van der Waals surface area contributed by atoms with Gasteiger partial charge in [-0.05, 0) is 60.7 Å². The van der Waals surface area contributed by atoms with Gasteiger partial charge in [0.05, 0.1) is 25.3 Å². The van der Waals surface area contributed by atoms with E-state index in [9.17, 15) is 19.8 Å². The number of aromatic hydroxyl groups is 1. The maximum absolute atomic E-state index is 13.0. The summed E-state index contributed by atoms with van der Waals surface area (Å²) in [4.78, 5) is 27.2. The summed E-state index contributed by atoms with van der Waals surface area (Å²) in [5.74, 6) is -0.680. The van der Waals surface area contributed by atoms with E-state index in [-0.39, 0.29) is 22.8 Å². The van der Waals surface area contributed by atoms with Gasteiger partial charge in [0.15, 0.2) is 11.5 Å². The minimum Gasteiger partial charge on any atom is -0.507 e. The number of hydrogen-bond acceptors (Lipinski definition) is 6. The number of phenols is 1. The standard InChI is InChI=1S/C24H25NO6/c1-3-10-25-21(15-6-9-19(30-2)17(26)13-15)20(23(28)24(25)29)22(27)16-7-8-18-14(12-16)5-4-11-31-18/h6-9,12-13,21,26-27H,3-5,10-11H2,1-2H3/b22-20-. The number of carbonyl (C=O) groups excluding carboxylic acids is 2. The second-order valence-electron chi connectivity index (χ2n) is 7.70. The molecule has 7 heteroatoms. The summed E-state index contributed by atoms with van der Waals surface area (Å²) in [6, 6.07) is 9.20. The molecule has 31 heavy (non-hydrogen) atoms. The molecule has 2 heterocycles. The number of carbonyl (C=O) groups is 2. The second kappa shape index (κ2) is 8.34. The van der Waals surface area contributed by atoms with E-state index >= 15 is 0 Å². The van der Waals surface area contributed by atoms with Crippen molar-refractivity contribution in [3.63, 3.8) is 0 Å². The van der Waals surface area contributed by atoms with E-state index in [1.807, 2.05) is 6.92 Å². The van der Waals surface area contributed by atoms with Gasteiger partial charge in [-0.15, -0.1) is 0 Å². The number of phenolic OH excluding ortho intramolecular Hbond substituents is 1. The Morgan fingerprint density at radius 1 is 1.23 bits per heavy atom. The van der Waals surface area contributed by atoms with Crippen molar-refractivity contribution in [2.45, 2.75) is 32.2 Å². The molecule has 1 atom stereocenters. The Hall–Kier alpha value is -3.48. The highest BCUT2D eigenvalue weighted by Crippen LogP contribution is 2.42. The van der Waals surface area contributed by atoms with E-state index in [0.717, 1.165) is 24.2 Å². The monoisotopic (exact) mass is 423 g/mol. The van der Waals surface area contributed by atoms with Gasteiger partial charge in [-0.2, -0.15) is 0 Å². The SMILES string of the molecule is CCCN1C(=O)C(=O)/C(=C(\O)c2ccc3c(c2)CCCO3)C1c1ccc(OC)c(O)c1. The zero-order chi connectivity index (χ0) is 22.1. The largest absolute Gasteiger partial charge is 0.507 e. The molecule has 0 bridgehead atoms. The highest BCUT2D eigenvalue weighted by molar-refractivity contribution is 6.46.